The zero-order valence-corrected chi connectivity index (χ0v) is 9.92. The molecule has 1 aliphatic heterocycles. The molecule has 0 N–H and O–H groups in total. The SMILES string of the molecule is CCC(C)C(=O)N1CC(C)CC(C)C1. The zero-order chi connectivity index (χ0) is 10.7. The quantitative estimate of drug-likeness (QED) is 0.666. The highest BCUT2D eigenvalue weighted by molar-refractivity contribution is 5.78. The van der Waals surface area contributed by atoms with Crippen molar-refractivity contribution in [2.45, 2.75) is 40.5 Å². The summed E-state index contributed by atoms with van der Waals surface area (Å²) in [6, 6.07) is 0. The van der Waals surface area contributed by atoms with E-state index in [9.17, 15) is 4.79 Å². The monoisotopic (exact) mass is 197 g/mol. The Bertz CT molecular complexity index is 192. The average molecular weight is 197 g/mol. The summed E-state index contributed by atoms with van der Waals surface area (Å²) in [5.74, 6) is 1.90. The normalized spacial score (nSPS) is 30.1. The van der Waals surface area contributed by atoms with Crippen LogP contribution in [0.25, 0.3) is 0 Å². The van der Waals surface area contributed by atoms with E-state index in [1.807, 2.05) is 6.92 Å². The summed E-state index contributed by atoms with van der Waals surface area (Å²) in [4.78, 5) is 14.0. The number of hydrogen-bond donors (Lipinski definition) is 0. The predicted molar refractivity (Wildman–Crippen MR) is 59.0 cm³/mol. The van der Waals surface area contributed by atoms with Crippen LogP contribution in [0.1, 0.15) is 40.5 Å². The first-order chi connectivity index (χ1) is 6.54. The van der Waals surface area contributed by atoms with Gasteiger partial charge in [0, 0.05) is 19.0 Å². The molecule has 0 aromatic carbocycles. The Balaban J connectivity index is 2.54. The Kier molecular flexibility index (Phi) is 3.97. The van der Waals surface area contributed by atoms with Gasteiger partial charge < -0.3 is 4.90 Å². The van der Waals surface area contributed by atoms with Crippen molar-refractivity contribution in [1.82, 2.24) is 4.90 Å². The van der Waals surface area contributed by atoms with Crippen LogP contribution in [0, 0.1) is 17.8 Å². The first-order valence-electron chi connectivity index (χ1n) is 5.83. The van der Waals surface area contributed by atoms with E-state index in [1.54, 1.807) is 0 Å². The van der Waals surface area contributed by atoms with Gasteiger partial charge in [0.2, 0.25) is 5.91 Å². The minimum absolute atomic E-state index is 0.201. The van der Waals surface area contributed by atoms with Crippen molar-refractivity contribution < 1.29 is 4.79 Å². The number of carbonyl (C=O) groups excluding carboxylic acids is 1. The predicted octanol–water partition coefficient (Wildman–Crippen LogP) is 2.54. The minimum Gasteiger partial charge on any atom is -0.342 e. The Labute approximate surface area is 87.7 Å². The largest absolute Gasteiger partial charge is 0.342 e. The standard InChI is InChI=1S/C12H23NO/c1-5-11(4)12(14)13-7-9(2)6-10(3)8-13/h9-11H,5-8H2,1-4H3. The molecular weight excluding hydrogens is 174 g/mol. The topological polar surface area (TPSA) is 20.3 Å². The fourth-order valence-electron chi connectivity index (χ4n) is 2.33. The number of hydrogen-bond acceptors (Lipinski definition) is 1. The molecule has 1 rings (SSSR count). The molecule has 1 fully saturated rings. The van der Waals surface area contributed by atoms with Crippen LogP contribution in [0.4, 0.5) is 0 Å². The van der Waals surface area contributed by atoms with Crippen molar-refractivity contribution in [2.24, 2.45) is 17.8 Å². The molecule has 0 radical (unpaired) electrons. The molecule has 0 aromatic heterocycles. The number of likely N-dealkylation sites (tertiary alicyclic amines) is 1. The molecular formula is C12H23NO. The van der Waals surface area contributed by atoms with Gasteiger partial charge in [-0.05, 0) is 24.7 Å². The van der Waals surface area contributed by atoms with Gasteiger partial charge in [-0.1, -0.05) is 27.7 Å². The molecule has 3 atom stereocenters. The third-order valence-corrected chi connectivity index (χ3v) is 3.21. The van der Waals surface area contributed by atoms with E-state index in [1.165, 1.54) is 6.42 Å². The molecule has 0 aliphatic carbocycles. The van der Waals surface area contributed by atoms with E-state index in [-0.39, 0.29) is 5.92 Å². The third-order valence-electron chi connectivity index (χ3n) is 3.21. The maximum atomic E-state index is 11.9. The molecule has 1 saturated heterocycles. The molecule has 1 amide bonds. The second-order valence-corrected chi connectivity index (χ2v) is 5.00. The lowest BCUT2D eigenvalue weighted by Gasteiger charge is -2.36. The maximum absolute atomic E-state index is 11.9. The average Bonchev–Trinajstić information content (AvgIpc) is 2.14. The highest BCUT2D eigenvalue weighted by Crippen LogP contribution is 2.22. The fraction of sp³-hybridized carbons (Fsp3) is 0.917. The summed E-state index contributed by atoms with van der Waals surface area (Å²) in [5.41, 5.74) is 0. The second-order valence-electron chi connectivity index (χ2n) is 5.00. The molecule has 14 heavy (non-hydrogen) atoms. The maximum Gasteiger partial charge on any atom is 0.225 e. The van der Waals surface area contributed by atoms with Crippen molar-refractivity contribution >= 4 is 5.91 Å². The molecule has 0 bridgehead atoms. The van der Waals surface area contributed by atoms with Crippen LogP contribution in [-0.2, 0) is 4.79 Å². The molecule has 2 nitrogen and oxygen atoms in total. The van der Waals surface area contributed by atoms with Gasteiger partial charge in [0.15, 0.2) is 0 Å². The summed E-state index contributed by atoms with van der Waals surface area (Å²) < 4.78 is 0. The Morgan fingerprint density at radius 2 is 1.86 bits per heavy atom. The number of nitrogens with zero attached hydrogens (tertiary/aromatic N) is 1. The lowest BCUT2D eigenvalue weighted by molar-refractivity contribution is -0.137. The van der Waals surface area contributed by atoms with Gasteiger partial charge in [0.25, 0.3) is 0 Å². The van der Waals surface area contributed by atoms with Gasteiger partial charge in [0.05, 0.1) is 0 Å². The molecule has 3 unspecified atom stereocenters. The van der Waals surface area contributed by atoms with Crippen molar-refractivity contribution in [3.8, 4) is 0 Å². The zero-order valence-electron chi connectivity index (χ0n) is 9.92. The fourth-order valence-corrected chi connectivity index (χ4v) is 2.33. The van der Waals surface area contributed by atoms with Crippen molar-refractivity contribution in [3.63, 3.8) is 0 Å². The van der Waals surface area contributed by atoms with Crippen LogP contribution in [0.5, 0.6) is 0 Å². The second kappa shape index (κ2) is 4.81. The van der Waals surface area contributed by atoms with Crippen molar-refractivity contribution in [1.29, 1.82) is 0 Å². The summed E-state index contributed by atoms with van der Waals surface area (Å²) in [6.45, 7) is 10.5. The van der Waals surface area contributed by atoms with Crippen LogP contribution in [0.15, 0.2) is 0 Å². The van der Waals surface area contributed by atoms with Gasteiger partial charge in [0.1, 0.15) is 0 Å². The van der Waals surface area contributed by atoms with Crippen LogP contribution in [0.3, 0.4) is 0 Å². The van der Waals surface area contributed by atoms with Crippen molar-refractivity contribution in [3.05, 3.63) is 0 Å². The summed E-state index contributed by atoms with van der Waals surface area (Å²) in [6.07, 6.45) is 2.22. The number of amides is 1. The molecule has 1 heterocycles. The van der Waals surface area contributed by atoms with Crippen molar-refractivity contribution in [2.75, 3.05) is 13.1 Å². The number of piperidine rings is 1. The van der Waals surface area contributed by atoms with E-state index < -0.39 is 0 Å². The Morgan fingerprint density at radius 3 is 2.29 bits per heavy atom. The van der Waals surface area contributed by atoms with E-state index in [2.05, 4.69) is 25.7 Å². The van der Waals surface area contributed by atoms with Crippen LogP contribution in [-0.4, -0.2) is 23.9 Å². The van der Waals surface area contributed by atoms with Crippen LogP contribution < -0.4 is 0 Å². The van der Waals surface area contributed by atoms with Gasteiger partial charge in [-0.15, -0.1) is 0 Å². The van der Waals surface area contributed by atoms with E-state index in [4.69, 9.17) is 0 Å². The van der Waals surface area contributed by atoms with Gasteiger partial charge in [-0.25, -0.2) is 0 Å². The summed E-state index contributed by atoms with van der Waals surface area (Å²) >= 11 is 0. The molecule has 0 saturated carbocycles. The molecule has 0 aromatic rings. The van der Waals surface area contributed by atoms with E-state index >= 15 is 0 Å². The Morgan fingerprint density at radius 1 is 1.36 bits per heavy atom. The smallest absolute Gasteiger partial charge is 0.225 e. The molecule has 82 valence electrons. The minimum atomic E-state index is 0.201. The summed E-state index contributed by atoms with van der Waals surface area (Å²) in [5, 5.41) is 0. The highest BCUT2D eigenvalue weighted by Gasteiger charge is 2.27. The first-order valence-corrected chi connectivity index (χ1v) is 5.83. The molecule has 2 heteroatoms. The van der Waals surface area contributed by atoms with Gasteiger partial charge in [-0.2, -0.15) is 0 Å². The Hall–Kier alpha value is -0.530. The summed E-state index contributed by atoms with van der Waals surface area (Å²) in [7, 11) is 0. The van der Waals surface area contributed by atoms with E-state index in [0.717, 1.165) is 19.5 Å². The molecule has 1 aliphatic rings. The lowest BCUT2D eigenvalue weighted by Crippen LogP contribution is -2.44. The van der Waals surface area contributed by atoms with Gasteiger partial charge in [-0.3, -0.25) is 4.79 Å². The number of rotatable bonds is 2. The van der Waals surface area contributed by atoms with Crippen LogP contribution >= 0.6 is 0 Å². The first kappa shape index (κ1) is 11.5. The highest BCUT2D eigenvalue weighted by atomic mass is 16.2. The van der Waals surface area contributed by atoms with Crippen LogP contribution in [0.2, 0.25) is 0 Å². The number of carbonyl (C=O) groups is 1. The van der Waals surface area contributed by atoms with E-state index in [0.29, 0.717) is 17.7 Å². The molecule has 0 spiro atoms. The lowest BCUT2D eigenvalue weighted by atomic mass is 9.91. The van der Waals surface area contributed by atoms with Gasteiger partial charge >= 0.3 is 0 Å². The third kappa shape index (κ3) is 2.73.